The van der Waals surface area contributed by atoms with Crippen molar-refractivity contribution >= 4 is 0 Å². The normalized spacial score (nSPS) is 38.2. The van der Waals surface area contributed by atoms with Gasteiger partial charge in [-0.1, -0.05) is 26.3 Å². The summed E-state index contributed by atoms with van der Waals surface area (Å²) in [6, 6.07) is 0. The molecule has 3 unspecified atom stereocenters. The zero-order valence-corrected chi connectivity index (χ0v) is 9.55. The highest BCUT2D eigenvalue weighted by Crippen LogP contribution is 2.36. The molecule has 0 aromatic heterocycles. The third-order valence-corrected chi connectivity index (χ3v) is 3.71. The van der Waals surface area contributed by atoms with E-state index in [1.54, 1.807) is 0 Å². The lowest BCUT2D eigenvalue weighted by Crippen LogP contribution is -2.58. The standard InChI is InChI=1S/C12H24N2/c1-4-7-14-12(9-13)8-10(2)5-6-11(12)3/h4,10-11,14H,1,5-9,13H2,2-3H3. The number of nitrogens with two attached hydrogens (primary N) is 1. The van der Waals surface area contributed by atoms with Crippen LogP contribution in [0.3, 0.4) is 0 Å². The fourth-order valence-corrected chi connectivity index (χ4v) is 2.61. The predicted octanol–water partition coefficient (Wildman–Crippen LogP) is 1.92. The molecule has 2 nitrogen and oxygen atoms in total. The zero-order valence-electron chi connectivity index (χ0n) is 9.55. The van der Waals surface area contributed by atoms with Crippen LogP contribution in [0.15, 0.2) is 12.7 Å². The van der Waals surface area contributed by atoms with E-state index in [-0.39, 0.29) is 5.54 Å². The summed E-state index contributed by atoms with van der Waals surface area (Å²) in [6.07, 6.45) is 5.77. The van der Waals surface area contributed by atoms with Crippen molar-refractivity contribution in [2.24, 2.45) is 17.6 Å². The number of nitrogens with one attached hydrogen (secondary N) is 1. The first-order valence-electron chi connectivity index (χ1n) is 5.70. The molecule has 0 heterocycles. The van der Waals surface area contributed by atoms with Crippen molar-refractivity contribution in [2.45, 2.75) is 38.6 Å². The van der Waals surface area contributed by atoms with Crippen molar-refractivity contribution < 1.29 is 0 Å². The Morgan fingerprint density at radius 2 is 2.21 bits per heavy atom. The molecule has 0 aromatic carbocycles. The monoisotopic (exact) mass is 196 g/mol. The highest BCUT2D eigenvalue weighted by atomic mass is 15.0. The maximum absolute atomic E-state index is 5.93. The van der Waals surface area contributed by atoms with Gasteiger partial charge >= 0.3 is 0 Å². The van der Waals surface area contributed by atoms with Gasteiger partial charge in [-0.25, -0.2) is 0 Å². The summed E-state index contributed by atoms with van der Waals surface area (Å²) in [5.74, 6) is 1.48. The second-order valence-electron chi connectivity index (χ2n) is 4.82. The third-order valence-electron chi connectivity index (χ3n) is 3.71. The fourth-order valence-electron chi connectivity index (χ4n) is 2.61. The first-order valence-corrected chi connectivity index (χ1v) is 5.70. The Labute approximate surface area is 87.9 Å². The van der Waals surface area contributed by atoms with Crippen molar-refractivity contribution in [3.05, 3.63) is 12.7 Å². The lowest BCUT2D eigenvalue weighted by atomic mass is 9.69. The van der Waals surface area contributed by atoms with E-state index >= 15 is 0 Å². The summed E-state index contributed by atoms with van der Waals surface area (Å²) in [5, 5.41) is 3.57. The molecule has 0 aliphatic heterocycles. The number of hydrogen-bond acceptors (Lipinski definition) is 2. The van der Waals surface area contributed by atoms with Gasteiger partial charge in [0.1, 0.15) is 0 Å². The fraction of sp³-hybridized carbons (Fsp3) is 0.833. The predicted molar refractivity (Wildman–Crippen MR) is 62.2 cm³/mol. The molecule has 0 spiro atoms. The Bertz CT molecular complexity index is 191. The molecular formula is C12H24N2. The van der Waals surface area contributed by atoms with Crippen LogP contribution in [0.2, 0.25) is 0 Å². The molecule has 82 valence electrons. The molecule has 1 aliphatic rings. The molecular weight excluding hydrogens is 172 g/mol. The van der Waals surface area contributed by atoms with E-state index < -0.39 is 0 Å². The van der Waals surface area contributed by atoms with Crippen LogP contribution in [0.4, 0.5) is 0 Å². The SMILES string of the molecule is C=CCNC1(CN)CC(C)CCC1C. The summed E-state index contributed by atoms with van der Waals surface area (Å²) >= 11 is 0. The van der Waals surface area contributed by atoms with Gasteiger partial charge in [-0.3, -0.25) is 0 Å². The number of hydrogen-bond donors (Lipinski definition) is 2. The quantitative estimate of drug-likeness (QED) is 0.674. The minimum Gasteiger partial charge on any atom is -0.329 e. The van der Waals surface area contributed by atoms with Crippen LogP contribution in [0, 0.1) is 11.8 Å². The van der Waals surface area contributed by atoms with E-state index in [9.17, 15) is 0 Å². The van der Waals surface area contributed by atoms with Gasteiger partial charge in [-0.05, 0) is 24.7 Å². The minimum atomic E-state index is 0.159. The second kappa shape index (κ2) is 4.94. The Kier molecular flexibility index (Phi) is 4.14. The van der Waals surface area contributed by atoms with Crippen LogP contribution in [0.1, 0.15) is 33.1 Å². The van der Waals surface area contributed by atoms with Crippen molar-refractivity contribution in [2.75, 3.05) is 13.1 Å². The Balaban J connectivity index is 2.66. The molecule has 0 amide bonds. The van der Waals surface area contributed by atoms with E-state index in [4.69, 9.17) is 5.73 Å². The van der Waals surface area contributed by atoms with E-state index in [0.717, 1.165) is 19.0 Å². The van der Waals surface area contributed by atoms with Gasteiger partial charge in [0.25, 0.3) is 0 Å². The summed E-state index contributed by atoms with van der Waals surface area (Å²) in [6.45, 7) is 10.0. The molecule has 2 heteroatoms. The minimum absolute atomic E-state index is 0.159. The van der Waals surface area contributed by atoms with Gasteiger partial charge in [-0.15, -0.1) is 6.58 Å². The molecule has 0 saturated heterocycles. The molecule has 1 aliphatic carbocycles. The van der Waals surface area contributed by atoms with Gasteiger partial charge in [0.15, 0.2) is 0 Å². The zero-order chi connectivity index (χ0) is 10.6. The average molecular weight is 196 g/mol. The van der Waals surface area contributed by atoms with Gasteiger partial charge in [0.2, 0.25) is 0 Å². The molecule has 0 aromatic rings. The highest BCUT2D eigenvalue weighted by molar-refractivity contribution is 4.99. The van der Waals surface area contributed by atoms with Crippen molar-refractivity contribution in [1.29, 1.82) is 0 Å². The summed E-state index contributed by atoms with van der Waals surface area (Å²) < 4.78 is 0. The average Bonchev–Trinajstić information content (AvgIpc) is 2.20. The van der Waals surface area contributed by atoms with Gasteiger partial charge in [0.05, 0.1) is 0 Å². The first-order chi connectivity index (χ1) is 6.64. The van der Waals surface area contributed by atoms with Gasteiger partial charge in [0, 0.05) is 18.6 Å². The van der Waals surface area contributed by atoms with Gasteiger partial charge in [-0.2, -0.15) is 0 Å². The molecule has 1 rings (SSSR count). The topological polar surface area (TPSA) is 38.0 Å². The van der Waals surface area contributed by atoms with Crippen LogP contribution in [0.5, 0.6) is 0 Å². The third kappa shape index (κ3) is 2.37. The molecule has 3 N–H and O–H groups in total. The molecule has 0 bridgehead atoms. The summed E-state index contributed by atoms with van der Waals surface area (Å²) in [7, 11) is 0. The Morgan fingerprint density at radius 1 is 1.50 bits per heavy atom. The van der Waals surface area contributed by atoms with E-state index in [2.05, 4.69) is 25.7 Å². The van der Waals surface area contributed by atoms with Crippen LogP contribution in [0.25, 0.3) is 0 Å². The highest BCUT2D eigenvalue weighted by Gasteiger charge is 2.38. The maximum atomic E-state index is 5.93. The van der Waals surface area contributed by atoms with E-state index in [0.29, 0.717) is 5.92 Å². The van der Waals surface area contributed by atoms with Crippen molar-refractivity contribution in [3.63, 3.8) is 0 Å². The van der Waals surface area contributed by atoms with Gasteiger partial charge < -0.3 is 11.1 Å². The van der Waals surface area contributed by atoms with E-state index in [1.165, 1.54) is 19.3 Å². The van der Waals surface area contributed by atoms with Crippen LogP contribution >= 0.6 is 0 Å². The van der Waals surface area contributed by atoms with Crippen molar-refractivity contribution in [3.8, 4) is 0 Å². The van der Waals surface area contributed by atoms with Crippen LogP contribution < -0.4 is 11.1 Å². The van der Waals surface area contributed by atoms with Crippen LogP contribution in [-0.4, -0.2) is 18.6 Å². The second-order valence-corrected chi connectivity index (χ2v) is 4.82. The lowest BCUT2D eigenvalue weighted by molar-refractivity contribution is 0.131. The maximum Gasteiger partial charge on any atom is 0.0334 e. The molecule has 1 saturated carbocycles. The van der Waals surface area contributed by atoms with Crippen LogP contribution in [-0.2, 0) is 0 Å². The van der Waals surface area contributed by atoms with Crippen molar-refractivity contribution in [1.82, 2.24) is 5.32 Å². The molecule has 14 heavy (non-hydrogen) atoms. The lowest BCUT2D eigenvalue weighted by Gasteiger charge is -2.45. The molecule has 3 atom stereocenters. The molecule has 0 radical (unpaired) electrons. The molecule has 1 fully saturated rings. The summed E-state index contributed by atoms with van der Waals surface area (Å²) in [5.41, 5.74) is 6.09. The smallest absolute Gasteiger partial charge is 0.0334 e. The largest absolute Gasteiger partial charge is 0.329 e. The van der Waals surface area contributed by atoms with E-state index in [1.807, 2.05) is 6.08 Å². The number of rotatable bonds is 4. The Morgan fingerprint density at radius 3 is 2.79 bits per heavy atom. The summed E-state index contributed by atoms with van der Waals surface area (Å²) in [4.78, 5) is 0. The Hall–Kier alpha value is -0.340. The first kappa shape index (κ1) is 11.7.